The van der Waals surface area contributed by atoms with Gasteiger partial charge >= 0.3 is 0 Å². The lowest BCUT2D eigenvalue weighted by atomic mass is 9.71. The van der Waals surface area contributed by atoms with E-state index < -0.39 is 5.60 Å². The molecule has 1 heterocycles. The highest BCUT2D eigenvalue weighted by atomic mass is 19.1. The Morgan fingerprint density at radius 1 is 1.25 bits per heavy atom. The Kier molecular flexibility index (Phi) is 3.50. The molecule has 2 fully saturated rings. The summed E-state index contributed by atoms with van der Waals surface area (Å²) in [6, 6.07) is 5.68. The fraction of sp³-hybridized carbons (Fsp3) is 0.562. The normalized spacial score (nSPS) is 29.9. The van der Waals surface area contributed by atoms with E-state index >= 15 is 0 Å². The van der Waals surface area contributed by atoms with Gasteiger partial charge in [-0.1, -0.05) is 12.8 Å². The van der Waals surface area contributed by atoms with Gasteiger partial charge in [-0.3, -0.25) is 4.79 Å². The molecule has 1 aromatic rings. The van der Waals surface area contributed by atoms with Gasteiger partial charge in [-0.15, -0.1) is 0 Å². The van der Waals surface area contributed by atoms with E-state index in [1.807, 2.05) is 0 Å². The SMILES string of the molecule is O=C(c1ccc(F)cc1)N1CC[C@]2(O)CCCC[C@@H]2C1. The average Bonchev–Trinajstić information content (AvgIpc) is 2.46. The van der Waals surface area contributed by atoms with Gasteiger partial charge in [0.1, 0.15) is 5.82 Å². The zero-order valence-corrected chi connectivity index (χ0v) is 11.5. The molecule has 1 N–H and O–H groups in total. The van der Waals surface area contributed by atoms with Gasteiger partial charge in [0.05, 0.1) is 5.60 Å². The van der Waals surface area contributed by atoms with Crippen molar-refractivity contribution in [3.63, 3.8) is 0 Å². The molecule has 20 heavy (non-hydrogen) atoms. The van der Waals surface area contributed by atoms with Crippen LogP contribution in [0.15, 0.2) is 24.3 Å². The fourth-order valence-electron chi connectivity index (χ4n) is 3.53. The van der Waals surface area contributed by atoms with Crippen LogP contribution in [0.1, 0.15) is 42.5 Å². The number of piperidine rings is 1. The molecule has 1 aliphatic carbocycles. The molecule has 4 heteroatoms. The number of rotatable bonds is 1. The first-order valence-electron chi connectivity index (χ1n) is 7.36. The molecule has 1 saturated carbocycles. The molecule has 1 aromatic carbocycles. The van der Waals surface area contributed by atoms with Crippen LogP contribution in [0, 0.1) is 11.7 Å². The predicted octanol–water partition coefficient (Wildman–Crippen LogP) is 2.59. The van der Waals surface area contributed by atoms with Crippen molar-refractivity contribution >= 4 is 5.91 Å². The minimum absolute atomic E-state index is 0.0578. The Morgan fingerprint density at radius 3 is 2.75 bits per heavy atom. The second-order valence-corrected chi connectivity index (χ2v) is 6.05. The number of amides is 1. The van der Waals surface area contributed by atoms with Gasteiger partial charge in [-0.05, 0) is 43.5 Å². The Hall–Kier alpha value is -1.42. The van der Waals surface area contributed by atoms with Crippen molar-refractivity contribution in [2.45, 2.75) is 37.7 Å². The Bertz CT molecular complexity index is 502. The predicted molar refractivity (Wildman–Crippen MR) is 73.8 cm³/mol. The van der Waals surface area contributed by atoms with Crippen LogP contribution in [0.25, 0.3) is 0 Å². The third kappa shape index (κ3) is 2.44. The molecule has 3 nitrogen and oxygen atoms in total. The van der Waals surface area contributed by atoms with E-state index in [4.69, 9.17) is 0 Å². The van der Waals surface area contributed by atoms with Crippen LogP contribution in [0.4, 0.5) is 4.39 Å². The molecule has 3 rings (SSSR count). The first-order chi connectivity index (χ1) is 9.58. The van der Waals surface area contributed by atoms with E-state index in [1.54, 1.807) is 4.90 Å². The maximum Gasteiger partial charge on any atom is 0.253 e. The number of hydrogen-bond donors (Lipinski definition) is 1. The van der Waals surface area contributed by atoms with Crippen LogP contribution in [-0.4, -0.2) is 34.6 Å². The maximum absolute atomic E-state index is 12.9. The van der Waals surface area contributed by atoms with Crippen LogP contribution in [-0.2, 0) is 0 Å². The Balaban J connectivity index is 1.72. The number of carbonyl (C=O) groups excluding carboxylic acids is 1. The summed E-state index contributed by atoms with van der Waals surface area (Å²) in [7, 11) is 0. The number of nitrogens with zero attached hydrogens (tertiary/aromatic N) is 1. The summed E-state index contributed by atoms with van der Waals surface area (Å²) in [6.45, 7) is 1.20. The fourth-order valence-corrected chi connectivity index (χ4v) is 3.53. The van der Waals surface area contributed by atoms with Crippen molar-refractivity contribution in [3.05, 3.63) is 35.6 Å². The molecule has 2 atom stereocenters. The van der Waals surface area contributed by atoms with Gasteiger partial charge in [0.15, 0.2) is 0 Å². The second kappa shape index (κ2) is 5.17. The van der Waals surface area contributed by atoms with E-state index in [0.29, 0.717) is 25.1 Å². The summed E-state index contributed by atoms with van der Waals surface area (Å²) in [5, 5.41) is 10.6. The van der Waals surface area contributed by atoms with Crippen molar-refractivity contribution in [1.29, 1.82) is 0 Å². The maximum atomic E-state index is 12.9. The summed E-state index contributed by atoms with van der Waals surface area (Å²) < 4.78 is 12.9. The largest absolute Gasteiger partial charge is 0.389 e. The Labute approximate surface area is 118 Å². The van der Waals surface area contributed by atoms with E-state index in [0.717, 1.165) is 25.7 Å². The van der Waals surface area contributed by atoms with Crippen molar-refractivity contribution < 1.29 is 14.3 Å². The van der Waals surface area contributed by atoms with Crippen LogP contribution < -0.4 is 0 Å². The molecule has 0 spiro atoms. The molecule has 0 unspecified atom stereocenters. The van der Waals surface area contributed by atoms with Crippen LogP contribution >= 0.6 is 0 Å². The number of hydrogen-bond acceptors (Lipinski definition) is 2. The molecule has 108 valence electrons. The summed E-state index contributed by atoms with van der Waals surface area (Å²) in [5.41, 5.74) is -0.0506. The van der Waals surface area contributed by atoms with Gasteiger partial charge < -0.3 is 10.0 Å². The van der Waals surface area contributed by atoms with E-state index in [2.05, 4.69) is 0 Å². The van der Waals surface area contributed by atoms with Gasteiger partial charge in [-0.25, -0.2) is 4.39 Å². The highest BCUT2D eigenvalue weighted by molar-refractivity contribution is 5.94. The topological polar surface area (TPSA) is 40.5 Å². The summed E-state index contributed by atoms with van der Waals surface area (Å²) >= 11 is 0. The van der Waals surface area contributed by atoms with Crippen molar-refractivity contribution in [3.8, 4) is 0 Å². The van der Waals surface area contributed by atoms with E-state index in [1.165, 1.54) is 24.3 Å². The molecular weight excluding hydrogens is 257 g/mol. The van der Waals surface area contributed by atoms with Gasteiger partial charge in [-0.2, -0.15) is 0 Å². The third-order valence-electron chi connectivity index (χ3n) is 4.81. The number of aliphatic hydroxyl groups is 1. The zero-order chi connectivity index (χ0) is 14.2. The third-order valence-corrected chi connectivity index (χ3v) is 4.81. The number of halogens is 1. The van der Waals surface area contributed by atoms with Crippen LogP contribution in [0.2, 0.25) is 0 Å². The monoisotopic (exact) mass is 277 g/mol. The molecule has 1 amide bonds. The second-order valence-electron chi connectivity index (χ2n) is 6.05. The molecular formula is C16H20FNO2. The highest BCUT2D eigenvalue weighted by Gasteiger charge is 2.43. The lowest BCUT2D eigenvalue weighted by molar-refractivity contribution is -0.0886. The first-order valence-corrected chi connectivity index (χ1v) is 7.36. The lowest BCUT2D eigenvalue weighted by Crippen LogP contribution is -2.54. The minimum atomic E-state index is -0.572. The van der Waals surface area contributed by atoms with E-state index in [-0.39, 0.29) is 17.6 Å². The summed E-state index contributed by atoms with van der Waals surface area (Å²) in [4.78, 5) is 14.2. The molecule has 1 aliphatic heterocycles. The number of benzene rings is 1. The molecule has 0 radical (unpaired) electrons. The van der Waals surface area contributed by atoms with Gasteiger partial charge in [0.25, 0.3) is 5.91 Å². The quantitative estimate of drug-likeness (QED) is 0.857. The zero-order valence-electron chi connectivity index (χ0n) is 11.5. The van der Waals surface area contributed by atoms with Crippen LogP contribution in [0.3, 0.4) is 0 Å². The Morgan fingerprint density at radius 2 is 2.00 bits per heavy atom. The van der Waals surface area contributed by atoms with Crippen LogP contribution in [0.5, 0.6) is 0 Å². The minimum Gasteiger partial charge on any atom is -0.389 e. The first kappa shape index (κ1) is 13.6. The highest BCUT2D eigenvalue weighted by Crippen LogP contribution is 2.39. The molecule has 0 aromatic heterocycles. The number of likely N-dealkylation sites (tertiary alicyclic amines) is 1. The van der Waals surface area contributed by atoms with Crippen molar-refractivity contribution in [2.24, 2.45) is 5.92 Å². The van der Waals surface area contributed by atoms with Gasteiger partial charge in [0, 0.05) is 24.6 Å². The standard InChI is InChI=1S/C16H20FNO2/c17-14-6-4-12(5-7-14)15(19)18-10-9-16(20)8-2-1-3-13(16)11-18/h4-7,13,20H,1-3,8-11H2/t13-,16-/m1/s1. The number of carbonyl (C=O) groups is 1. The summed E-state index contributed by atoms with van der Waals surface area (Å²) in [5.74, 6) is -0.200. The lowest BCUT2D eigenvalue weighted by Gasteiger charge is -2.47. The number of fused-ring (bicyclic) bond motifs is 1. The van der Waals surface area contributed by atoms with Crippen molar-refractivity contribution in [2.75, 3.05) is 13.1 Å². The summed E-state index contributed by atoms with van der Waals surface area (Å²) in [6.07, 6.45) is 4.72. The smallest absolute Gasteiger partial charge is 0.253 e. The van der Waals surface area contributed by atoms with Gasteiger partial charge in [0.2, 0.25) is 0 Å². The van der Waals surface area contributed by atoms with E-state index in [9.17, 15) is 14.3 Å². The molecule has 0 bridgehead atoms. The molecule has 2 aliphatic rings. The molecule has 1 saturated heterocycles. The van der Waals surface area contributed by atoms with Crippen molar-refractivity contribution in [1.82, 2.24) is 4.90 Å². The average molecular weight is 277 g/mol.